The van der Waals surface area contributed by atoms with E-state index in [1.165, 1.54) is 12.1 Å². The first kappa shape index (κ1) is 19.2. The summed E-state index contributed by atoms with van der Waals surface area (Å²) in [5.41, 5.74) is 2.26. The van der Waals surface area contributed by atoms with Crippen LogP contribution >= 0.6 is 0 Å². The monoisotopic (exact) mass is 403 g/mol. The summed E-state index contributed by atoms with van der Waals surface area (Å²) in [5.74, 6) is -1.08. The van der Waals surface area contributed by atoms with Crippen LogP contribution in [-0.4, -0.2) is 28.8 Å². The molecule has 2 aliphatic rings. The standard InChI is InChI=1S/C22H15F2N5O/c1-13-2-5-16(18-9-8-17(23)11-19(18)24)10-20-26-21(27-22(30)29(20)28-13)15-6-3-14(12-25)4-7-15/h2-11,20H,1H3,(H,26,27,30)/b5-2-,16-10-,28-13-. The third kappa shape index (κ3) is 3.73. The minimum atomic E-state index is -0.750. The molecule has 2 aromatic carbocycles. The van der Waals surface area contributed by atoms with Crippen molar-refractivity contribution in [2.24, 2.45) is 10.1 Å². The Morgan fingerprint density at radius 1 is 1.13 bits per heavy atom. The highest BCUT2D eigenvalue weighted by Crippen LogP contribution is 2.25. The van der Waals surface area contributed by atoms with Gasteiger partial charge in [-0.1, -0.05) is 6.08 Å². The summed E-state index contributed by atoms with van der Waals surface area (Å²) in [4.78, 5) is 16.7. The third-order valence-corrected chi connectivity index (χ3v) is 4.59. The van der Waals surface area contributed by atoms with Gasteiger partial charge in [-0.05, 0) is 61.0 Å². The lowest BCUT2D eigenvalue weighted by Gasteiger charge is -2.31. The molecule has 1 unspecified atom stereocenters. The first-order valence-corrected chi connectivity index (χ1v) is 9.04. The van der Waals surface area contributed by atoms with Gasteiger partial charge in [-0.15, -0.1) is 0 Å². The van der Waals surface area contributed by atoms with Crippen LogP contribution in [0.25, 0.3) is 5.57 Å². The van der Waals surface area contributed by atoms with Gasteiger partial charge in [-0.3, -0.25) is 0 Å². The lowest BCUT2D eigenvalue weighted by Crippen LogP contribution is -2.51. The number of fused-ring (bicyclic) bond motifs is 1. The normalized spacial score (nSPS) is 22.7. The molecule has 0 fully saturated rings. The van der Waals surface area contributed by atoms with E-state index >= 15 is 0 Å². The minimum absolute atomic E-state index is 0.194. The molecule has 1 N–H and O–H groups in total. The zero-order valence-corrected chi connectivity index (χ0v) is 15.8. The molecule has 2 aromatic rings. The summed E-state index contributed by atoms with van der Waals surface area (Å²) in [6.07, 6.45) is 4.17. The Bertz CT molecular complexity index is 1190. The van der Waals surface area contributed by atoms with Gasteiger partial charge in [0, 0.05) is 17.2 Å². The van der Waals surface area contributed by atoms with Crippen LogP contribution in [0.1, 0.15) is 23.6 Å². The van der Waals surface area contributed by atoms with Crippen molar-refractivity contribution in [3.8, 4) is 6.07 Å². The predicted octanol–water partition coefficient (Wildman–Crippen LogP) is 3.96. The zero-order chi connectivity index (χ0) is 21.3. The van der Waals surface area contributed by atoms with Gasteiger partial charge >= 0.3 is 6.03 Å². The summed E-state index contributed by atoms with van der Waals surface area (Å²) in [6.45, 7) is 1.70. The highest BCUT2D eigenvalue weighted by Gasteiger charge is 2.30. The number of carbonyl (C=O) groups is 1. The number of hydrogen-bond acceptors (Lipinski definition) is 4. The van der Waals surface area contributed by atoms with Crippen molar-refractivity contribution in [3.63, 3.8) is 0 Å². The Hall–Kier alpha value is -4.12. The van der Waals surface area contributed by atoms with Crippen molar-refractivity contribution in [2.75, 3.05) is 0 Å². The largest absolute Gasteiger partial charge is 0.368 e. The lowest BCUT2D eigenvalue weighted by atomic mass is 10.0. The number of allylic oxidation sites excluding steroid dienone is 3. The molecule has 0 saturated heterocycles. The number of hydrazone groups is 1. The van der Waals surface area contributed by atoms with Crippen LogP contribution < -0.4 is 5.32 Å². The van der Waals surface area contributed by atoms with Gasteiger partial charge in [0.15, 0.2) is 0 Å². The molecule has 2 amide bonds. The maximum Gasteiger partial charge on any atom is 0.368 e. The van der Waals surface area contributed by atoms with E-state index < -0.39 is 23.8 Å². The zero-order valence-electron chi connectivity index (χ0n) is 15.8. The van der Waals surface area contributed by atoms with Crippen molar-refractivity contribution >= 4 is 23.2 Å². The smallest absolute Gasteiger partial charge is 0.344 e. The molecule has 2 heterocycles. The second kappa shape index (κ2) is 7.72. The van der Waals surface area contributed by atoms with Crippen LogP contribution in [0.3, 0.4) is 0 Å². The Balaban J connectivity index is 1.76. The first-order valence-electron chi connectivity index (χ1n) is 9.04. The van der Waals surface area contributed by atoms with E-state index in [2.05, 4.69) is 15.4 Å². The van der Waals surface area contributed by atoms with Crippen LogP contribution in [0.5, 0.6) is 0 Å². The summed E-state index contributed by atoms with van der Waals surface area (Å²) < 4.78 is 27.7. The highest BCUT2D eigenvalue weighted by molar-refractivity contribution is 6.07. The average Bonchev–Trinajstić information content (AvgIpc) is 2.72. The molecule has 148 valence electrons. The average molecular weight is 403 g/mol. The van der Waals surface area contributed by atoms with Crippen molar-refractivity contribution < 1.29 is 13.6 Å². The number of benzene rings is 2. The van der Waals surface area contributed by atoms with Crippen LogP contribution in [0.2, 0.25) is 0 Å². The van der Waals surface area contributed by atoms with E-state index in [0.29, 0.717) is 28.2 Å². The molecule has 2 aliphatic heterocycles. The maximum atomic E-state index is 14.4. The SMILES string of the molecule is CC1=N/N2C(=O)N=C(c3ccc(C#N)cc3)NC2/C=C(c2ccc(F)cc2F)/C=C\1. The van der Waals surface area contributed by atoms with Crippen molar-refractivity contribution in [1.82, 2.24) is 10.3 Å². The van der Waals surface area contributed by atoms with Gasteiger partial charge in [0.2, 0.25) is 0 Å². The van der Waals surface area contributed by atoms with E-state index in [1.54, 1.807) is 49.4 Å². The van der Waals surface area contributed by atoms with Crippen molar-refractivity contribution in [3.05, 3.63) is 89.0 Å². The van der Waals surface area contributed by atoms with Crippen molar-refractivity contribution in [2.45, 2.75) is 13.1 Å². The lowest BCUT2D eigenvalue weighted by molar-refractivity contribution is 0.190. The fourth-order valence-corrected chi connectivity index (χ4v) is 3.11. The summed E-state index contributed by atoms with van der Waals surface area (Å²) >= 11 is 0. The van der Waals surface area contributed by atoms with E-state index in [4.69, 9.17) is 5.26 Å². The molecule has 0 spiro atoms. The number of urea groups is 1. The van der Waals surface area contributed by atoms with E-state index in [1.807, 2.05) is 6.07 Å². The Morgan fingerprint density at radius 2 is 1.90 bits per heavy atom. The van der Waals surface area contributed by atoms with Gasteiger partial charge in [0.25, 0.3) is 0 Å². The topological polar surface area (TPSA) is 80.8 Å². The molecule has 0 bridgehead atoms. The van der Waals surface area contributed by atoms with Crippen LogP contribution in [0.15, 0.2) is 70.8 Å². The number of nitrogens with one attached hydrogen (secondary N) is 1. The molecule has 4 rings (SSSR count). The van der Waals surface area contributed by atoms with Gasteiger partial charge in [-0.2, -0.15) is 20.4 Å². The molecule has 6 nitrogen and oxygen atoms in total. The highest BCUT2D eigenvalue weighted by atomic mass is 19.1. The summed E-state index contributed by atoms with van der Waals surface area (Å²) in [7, 11) is 0. The molecule has 8 heteroatoms. The quantitative estimate of drug-likeness (QED) is 0.824. The van der Waals surface area contributed by atoms with E-state index in [-0.39, 0.29) is 5.56 Å². The number of nitrogens with zero attached hydrogens (tertiary/aromatic N) is 4. The van der Waals surface area contributed by atoms with Crippen LogP contribution in [-0.2, 0) is 0 Å². The molecule has 30 heavy (non-hydrogen) atoms. The fraction of sp³-hybridized carbons (Fsp3) is 0.0909. The Labute approximate surface area is 171 Å². The molecule has 0 aromatic heterocycles. The third-order valence-electron chi connectivity index (χ3n) is 4.59. The number of carbonyl (C=O) groups excluding carboxylic acids is 1. The number of amides is 2. The number of nitriles is 1. The Kier molecular flexibility index (Phi) is 4.94. The summed E-state index contributed by atoms with van der Waals surface area (Å²) in [6, 6.07) is 11.4. The minimum Gasteiger partial charge on any atom is -0.344 e. The predicted molar refractivity (Wildman–Crippen MR) is 108 cm³/mol. The summed E-state index contributed by atoms with van der Waals surface area (Å²) in [5, 5.41) is 17.5. The second-order valence-corrected chi connectivity index (χ2v) is 6.69. The van der Waals surface area contributed by atoms with Gasteiger partial charge < -0.3 is 5.32 Å². The van der Waals surface area contributed by atoms with Gasteiger partial charge in [0.05, 0.1) is 17.3 Å². The molecular formula is C22H15F2N5O. The van der Waals surface area contributed by atoms with Crippen LogP contribution in [0.4, 0.5) is 13.6 Å². The fourth-order valence-electron chi connectivity index (χ4n) is 3.11. The number of rotatable bonds is 2. The molecule has 0 radical (unpaired) electrons. The number of hydrogen-bond donors (Lipinski definition) is 1. The molecule has 1 atom stereocenters. The van der Waals surface area contributed by atoms with Gasteiger partial charge in [0.1, 0.15) is 23.6 Å². The molecule has 0 aliphatic carbocycles. The van der Waals surface area contributed by atoms with E-state index in [9.17, 15) is 13.6 Å². The number of aliphatic imine (C=N–C) groups is 1. The maximum absolute atomic E-state index is 14.4. The number of halogens is 2. The second-order valence-electron chi connectivity index (χ2n) is 6.69. The molecule has 0 saturated carbocycles. The van der Waals surface area contributed by atoms with Gasteiger partial charge in [-0.25, -0.2) is 13.6 Å². The van der Waals surface area contributed by atoms with E-state index in [0.717, 1.165) is 11.1 Å². The number of amidine groups is 1. The van der Waals surface area contributed by atoms with Crippen LogP contribution in [0, 0.1) is 23.0 Å². The Morgan fingerprint density at radius 3 is 2.60 bits per heavy atom. The van der Waals surface area contributed by atoms with Crippen molar-refractivity contribution in [1.29, 1.82) is 5.26 Å². The first-order chi connectivity index (χ1) is 14.4. The molecular weight excluding hydrogens is 388 g/mol.